The van der Waals surface area contributed by atoms with E-state index in [1.54, 1.807) is 0 Å². The second kappa shape index (κ2) is 5.68. The van der Waals surface area contributed by atoms with Crippen molar-refractivity contribution in [2.75, 3.05) is 0 Å². The van der Waals surface area contributed by atoms with Gasteiger partial charge in [-0.05, 0) is 51.5 Å². The molecule has 0 amide bonds. The van der Waals surface area contributed by atoms with Crippen molar-refractivity contribution in [1.82, 2.24) is 0 Å². The van der Waals surface area contributed by atoms with Crippen LogP contribution in [0.15, 0.2) is 16.6 Å². The Morgan fingerprint density at radius 1 is 1.25 bits per heavy atom. The van der Waals surface area contributed by atoms with Gasteiger partial charge in [0.1, 0.15) is 6.07 Å². The Morgan fingerprint density at radius 3 is 2.44 bits per heavy atom. The fourth-order valence-corrected chi connectivity index (χ4v) is 2.10. The Bertz CT molecular complexity index is 464. The van der Waals surface area contributed by atoms with Gasteiger partial charge in [-0.3, -0.25) is 0 Å². The number of benzene rings is 1. The first-order valence-electron chi connectivity index (χ1n) is 5.16. The highest BCUT2D eigenvalue weighted by atomic mass is 79.9. The SMILES string of the molecule is CC(C)Cc1cc(Br)c(C#N)cc1CC#N. The monoisotopic (exact) mass is 276 g/mol. The van der Waals surface area contributed by atoms with Crippen LogP contribution in [0.5, 0.6) is 0 Å². The van der Waals surface area contributed by atoms with Crippen LogP contribution in [-0.2, 0) is 12.8 Å². The standard InChI is InChI=1S/C13H13BrN2/c1-9(2)5-11-7-13(14)12(8-16)6-10(11)3-4-15/h6-7,9H,3,5H2,1-2H3. The lowest BCUT2D eigenvalue weighted by Crippen LogP contribution is -2.00. The van der Waals surface area contributed by atoms with Crippen molar-refractivity contribution < 1.29 is 0 Å². The maximum atomic E-state index is 8.92. The van der Waals surface area contributed by atoms with Crippen molar-refractivity contribution in [3.8, 4) is 12.1 Å². The lowest BCUT2D eigenvalue weighted by Gasteiger charge is -2.11. The van der Waals surface area contributed by atoms with E-state index in [0.717, 1.165) is 22.0 Å². The van der Waals surface area contributed by atoms with E-state index in [1.165, 1.54) is 0 Å². The van der Waals surface area contributed by atoms with E-state index >= 15 is 0 Å². The first-order chi connectivity index (χ1) is 7.58. The third-order valence-electron chi connectivity index (χ3n) is 2.31. The van der Waals surface area contributed by atoms with E-state index in [2.05, 4.69) is 41.9 Å². The van der Waals surface area contributed by atoms with E-state index in [1.807, 2.05) is 12.1 Å². The first kappa shape index (κ1) is 12.7. The minimum Gasteiger partial charge on any atom is -0.198 e. The van der Waals surface area contributed by atoms with Crippen molar-refractivity contribution in [2.45, 2.75) is 26.7 Å². The molecule has 0 N–H and O–H groups in total. The molecule has 0 fully saturated rings. The van der Waals surface area contributed by atoms with E-state index in [-0.39, 0.29) is 0 Å². The van der Waals surface area contributed by atoms with E-state index in [4.69, 9.17) is 10.5 Å². The van der Waals surface area contributed by atoms with Gasteiger partial charge < -0.3 is 0 Å². The number of hydrogen-bond acceptors (Lipinski definition) is 2. The fraction of sp³-hybridized carbons (Fsp3) is 0.385. The smallest absolute Gasteiger partial charge is 0.100 e. The van der Waals surface area contributed by atoms with E-state index in [0.29, 0.717) is 17.9 Å². The number of hydrogen-bond donors (Lipinski definition) is 0. The van der Waals surface area contributed by atoms with E-state index in [9.17, 15) is 0 Å². The van der Waals surface area contributed by atoms with Gasteiger partial charge in [-0.25, -0.2) is 0 Å². The molecule has 0 saturated heterocycles. The van der Waals surface area contributed by atoms with Gasteiger partial charge in [0, 0.05) is 4.47 Å². The highest BCUT2D eigenvalue weighted by molar-refractivity contribution is 9.10. The van der Waals surface area contributed by atoms with Crippen molar-refractivity contribution in [2.24, 2.45) is 5.92 Å². The summed E-state index contributed by atoms with van der Waals surface area (Å²) in [7, 11) is 0. The average molecular weight is 277 g/mol. The summed E-state index contributed by atoms with van der Waals surface area (Å²) in [6.45, 7) is 4.28. The van der Waals surface area contributed by atoms with Gasteiger partial charge in [0.2, 0.25) is 0 Å². The summed E-state index contributed by atoms with van der Waals surface area (Å²) in [4.78, 5) is 0. The third-order valence-corrected chi connectivity index (χ3v) is 2.96. The van der Waals surface area contributed by atoms with Gasteiger partial charge in [-0.2, -0.15) is 10.5 Å². The summed E-state index contributed by atoms with van der Waals surface area (Å²) in [6, 6.07) is 8.04. The Balaban J connectivity index is 3.21. The van der Waals surface area contributed by atoms with Crippen LogP contribution in [0, 0.1) is 28.6 Å². The van der Waals surface area contributed by atoms with Crippen molar-refractivity contribution in [3.05, 3.63) is 33.3 Å². The van der Waals surface area contributed by atoms with Crippen LogP contribution in [0.3, 0.4) is 0 Å². The van der Waals surface area contributed by atoms with Gasteiger partial charge in [-0.1, -0.05) is 13.8 Å². The molecule has 0 aliphatic carbocycles. The molecule has 0 saturated carbocycles. The Morgan fingerprint density at radius 2 is 1.94 bits per heavy atom. The first-order valence-corrected chi connectivity index (χ1v) is 5.96. The van der Waals surface area contributed by atoms with Gasteiger partial charge in [0.05, 0.1) is 18.1 Å². The average Bonchev–Trinajstić information content (AvgIpc) is 2.21. The van der Waals surface area contributed by atoms with Crippen molar-refractivity contribution in [1.29, 1.82) is 10.5 Å². The van der Waals surface area contributed by atoms with Gasteiger partial charge in [-0.15, -0.1) is 0 Å². The Labute approximate surface area is 105 Å². The maximum absolute atomic E-state index is 8.92. The zero-order chi connectivity index (χ0) is 12.1. The van der Waals surface area contributed by atoms with Crippen LogP contribution in [0.2, 0.25) is 0 Å². The minimum atomic E-state index is 0.365. The van der Waals surface area contributed by atoms with Gasteiger partial charge >= 0.3 is 0 Å². The summed E-state index contributed by atoms with van der Waals surface area (Å²) in [5, 5.41) is 17.7. The molecule has 1 rings (SSSR count). The van der Waals surface area contributed by atoms with Crippen molar-refractivity contribution >= 4 is 15.9 Å². The molecule has 16 heavy (non-hydrogen) atoms. The molecule has 82 valence electrons. The molecule has 0 unspecified atom stereocenters. The summed E-state index contributed by atoms with van der Waals surface area (Å²) in [5.74, 6) is 0.539. The molecule has 0 radical (unpaired) electrons. The zero-order valence-corrected chi connectivity index (χ0v) is 11.0. The molecule has 1 aromatic rings. The number of nitrogens with zero attached hydrogens (tertiary/aromatic N) is 2. The van der Waals surface area contributed by atoms with Gasteiger partial charge in [0.15, 0.2) is 0 Å². The molecule has 0 aliphatic heterocycles. The molecule has 1 aromatic carbocycles. The summed E-state index contributed by atoms with van der Waals surface area (Å²) >= 11 is 3.38. The molecular weight excluding hydrogens is 264 g/mol. The molecule has 0 aromatic heterocycles. The van der Waals surface area contributed by atoms with Gasteiger partial charge in [0.25, 0.3) is 0 Å². The zero-order valence-electron chi connectivity index (χ0n) is 9.42. The summed E-state index contributed by atoms with van der Waals surface area (Å²) in [6.07, 6.45) is 1.30. The normalized spacial score (nSPS) is 9.88. The lowest BCUT2D eigenvalue weighted by atomic mass is 9.95. The van der Waals surface area contributed by atoms with Crippen LogP contribution in [-0.4, -0.2) is 0 Å². The van der Waals surface area contributed by atoms with Crippen LogP contribution >= 0.6 is 15.9 Å². The molecule has 0 bridgehead atoms. The van der Waals surface area contributed by atoms with Crippen LogP contribution < -0.4 is 0 Å². The molecule has 2 nitrogen and oxygen atoms in total. The number of halogens is 1. The third kappa shape index (κ3) is 3.08. The molecule has 0 aliphatic rings. The predicted octanol–water partition coefficient (Wildman–Crippen LogP) is 3.59. The van der Waals surface area contributed by atoms with Crippen LogP contribution in [0.1, 0.15) is 30.5 Å². The molecule has 3 heteroatoms. The highest BCUT2D eigenvalue weighted by Crippen LogP contribution is 2.24. The molecular formula is C13H13BrN2. The molecule has 0 heterocycles. The van der Waals surface area contributed by atoms with E-state index < -0.39 is 0 Å². The summed E-state index contributed by atoms with van der Waals surface area (Å²) in [5.41, 5.74) is 2.72. The van der Waals surface area contributed by atoms with Crippen molar-refractivity contribution in [3.63, 3.8) is 0 Å². The second-order valence-electron chi connectivity index (χ2n) is 4.15. The Hall–Kier alpha value is -1.32. The van der Waals surface area contributed by atoms with Crippen LogP contribution in [0.25, 0.3) is 0 Å². The topological polar surface area (TPSA) is 47.6 Å². The van der Waals surface area contributed by atoms with Crippen LogP contribution in [0.4, 0.5) is 0 Å². The quantitative estimate of drug-likeness (QED) is 0.847. The minimum absolute atomic E-state index is 0.365. The molecule has 0 spiro atoms. The number of nitriles is 2. The predicted molar refractivity (Wildman–Crippen MR) is 66.7 cm³/mol. The largest absolute Gasteiger partial charge is 0.198 e. The highest BCUT2D eigenvalue weighted by Gasteiger charge is 2.09. The fourth-order valence-electron chi connectivity index (χ4n) is 1.62. The Kier molecular flexibility index (Phi) is 4.52. The molecule has 0 atom stereocenters. The number of rotatable bonds is 3. The second-order valence-corrected chi connectivity index (χ2v) is 5.00. The lowest BCUT2D eigenvalue weighted by molar-refractivity contribution is 0.644. The summed E-state index contributed by atoms with van der Waals surface area (Å²) < 4.78 is 0.812. The maximum Gasteiger partial charge on any atom is 0.100 e.